The Kier molecular flexibility index (Phi) is 2.86. The minimum atomic E-state index is 1.17. The molecule has 0 unspecified atom stereocenters. The topological polar surface area (TPSA) is 12.4 Å². The van der Waals surface area contributed by atoms with Crippen molar-refractivity contribution in [2.45, 2.75) is 39.5 Å². The van der Waals surface area contributed by atoms with Crippen molar-refractivity contribution in [1.82, 2.24) is 0 Å². The zero-order chi connectivity index (χ0) is 8.27. The monoisotopic (exact) mass is 151 g/mol. The van der Waals surface area contributed by atoms with Crippen LogP contribution < -0.4 is 0 Å². The molecule has 0 saturated heterocycles. The number of allylic oxidation sites excluding steroid dienone is 2. The standard InChI is InChI=1S/C10H17N/c1-4-8(2)9-6-5-7-10(9)11-3/h4-7H2,1-3H3/b9-8-,11-10-. The molecule has 1 rings (SSSR count). The van der Waals surface area contributed by atoms with Crippen molar-refractivity contribution in [2.24, 2.45) is 4.99 Å². The maximum Gasteiger partial charge on any atom is 0.0376 e. The summed E-state index contributed by atoms with van der Waals surface area (Å²) in [5, 5.41) is 0. The first kappa shape index (κ1) is 8.51. The van der Waals surface area contributed by atoms with Gasteiger partial charge in [-0.3, -0.25) is 4.99 Å². The van der Waals surface area contributed by atoms with Crippen molar-refractivity contribution in [1.29, 1.82) is 0 Å². The summed E-state index contributed by atoms with van der Waals surface area (Å²) in [4.78, 5) is 4.30. The van der Waals surface area contributed by atoms with E-state index >= 15 is 0 Å². The molecule has 1 fully saturated rings. The number of nitrogens with zero attached hydrogens (tertiary/aromatic N) is 1. The Morgan fingerprint density at radius 1 is 1.45 bits per heavy atom. The van der Waals surface area contributed by atoms with Crippen LogP contribution in [0.15, 0.2) is 16.1 Å². The van der Waals surface area contributed by atoms with E-state index in [4.69, 9.17) is 0 Å². The Morgan fingerprint density at radius 3 is 2.73 bits per heavy atom. The fourth-order valence-corrected chi connectivity index (χ4v) is 1.65. The lowest BCUT2D eigenvalue weighted by molar-refractivity contribution is 0.929. The summed E-state index contributed by atoms with van der Waals surface area (Å²) < 4.78 is 0. The lowest BCUT2D eigenvalue weighted by Crippen LogP contribution is -1.95. The van der Waals surface area contributed by atoms with Gasteiger partial charge in [0.2, 0.25) is 0 Å². The summed E-state index contributed by atoms with van der Waals surface area (Å²) in [5.41, 5.74) is 4.42. The van der Waals surface area contributed by atoms with Crippen molar-refractivity contribution in [3.8, 4) is 0 Å². The fraction of sp³-hybridized carbons (Fsp3) is 0.700. The molecule has 0 amide bonds. The van der Waals surface area contributed by atoms with Gasteiger partial charge in [-0.15, -0.1) is 0 Å². The Labute approximate surface area is 69.2 Å². The summed E-state index contributed by atoms with van der Waals surface area (Å²) >= 11 is 0. The Balaban J connectivity index is 2.87. The van der Waals surface area contributed by atoms with Gasteiger partial charge in [0.1, 0.15) is 0 Å². The number of hydrogen-bond donors (Lipinski definition) is 0. The van der Waals surface area contributed by atoms with Crippen molar-refractivity contribution < 1.29 is 0 Å². The molecule has 0 aliphatic heterocycles. The first-order valence-corrected chi connectivity index (χ1v) is 4.44. The van der Waals surface area contributed by atoms with E-state index in [9.17, 15) is 0 Å². The zero-order valence-electron chi connectivity index (χ0n) is 7.78. The fourth-order valence-electron chi connectivity index (χ4n) is 1.65. The molecule has 0 N–H and O–H groups in total. The van der Waals surface area contributed by atoms with E-state index in [-0.39, 0.29) is 0 Å². The second kappa shape index (κ2) is 3.70. The molecule has 1 heteroatoms. The van der Waals surface area contributed by atoms with Crippen molar-refractivity contribution >= 4 is 5.71 Å². The normalized spacial score (nSPS) is 26.3. The van der Waals surface area contributed by atoms with Crippen LogP contribution in [0.3, 0.4) is 0 Å². The van der Waals surface area contributed by atoms with Crippen LogP contribution in [0.5, 0.6) is 0 Å². The maximum absolute atomic E-state index is 4.30. The maximum atomic E-state index is 4.30. The molecule has 1 aliphatic rings. The van der Waals surface area contributed by atoms with Gasteiger partial charge in [-0.25, -0.2) is 0 Å². The highest BCUT2D eigenvalue weighted by Gasteiger charge is 2.15. The van der Waals surface area contributed by atoms with Crippen LogP contribution in [-0.2, 0) is 0 Å². The smallest absolute Gasteiger partial charge is 0.0376 e. The second-order valence-electron chi connectivity index (χ2n) is 3.14. The van der Waals surface area contributed by atoms with Crippen molar-refractivity contribution in [3.63, 3.8) is 0 Å². The van der Waals surface area contributed by atoms with E-state index < -0.39 is 0 Å². The number of rotatable bonds is 1. The summed E-state index contributed by atoms with van der Waals surface area (Å²) in [6.07, 6.45) is 4.93. The highest BCUT2D eigenvalue weighted by atomic mass is 14.7. The molecule has 1 nitrogen and oxygen atoms in total. The van der Waals surface area contributed by atoms with Gasteiger partial charge in [-0.1, -0.05) is 12.5 Å². The van der Waals surface area contributed by atoms with E-state index in [1.165, 1.54) is 42.5 Å². The highest BCUT2D eigenvalue weighted by molar-refractivity contribution is 6.02. The first-order chi connectivity index (χ1) is 5.29. The quantitative estimate of drug-likeness (QED) is 0.546. The predicted molar refractivity (Wildman–Crippen MR) is 50.2 cm³/mol. The van der Waals surface area contributed by atoms with Crippen LogP contribution in [0.1, 0.15) is 39.5 Å². The Bertz CT molecular complexity index is 199. The highest BCUT2D eigenvalue weighted by Crippen LogP contribution is 2.25. The molecule has 0 spiro atoms. The summed E-state index contributed by atoms with van der Waals surface area (Å²) in [7, 11) is 1.91. The second-order valence-corrected chi connectivity index (χ2v) is 3.14. The van der Waals surface area contributed by atoms with E-state index in [1.807, 2.05) is 7.05 Å². The van der Waals surface area contributed by atoms with Gasteiger partial charge in [0.15, 0.2) is 0 Å². The van der Waals surface area contributed by atoms with Crippen molar-refractivity contribution in [2.75, 3.05) is 7.05 Å². The number of aliphatic imine (C=N–C) groups is 1. The molecule has 0 radical (unpaired) electrons. The first-order valence-electron chi connectivity index (χ1n) is 4.44. The van der Waals surface area contributed by atoms with Crippen LogP contribution >= 0.6 is 0 Å². The van der Waals surface area contributed by atoms with Crippen LogP contribution in [0.4, 0.5) is 0 Å². The van der Waals surface area contributed by atoms with Crippen LogP contribution in [0, 0.1) is 0 Å². The average molecular weight is 151 g/mol. The average Bonchev–Trinajstić information content (AvgIpc) is 2.50. The van der Waals surface area contributed by atoms with Gasteiger partial charge < -0.3 is 0 Å². The molecule has 0 atom stereocenters. The molecule has 62 valence electrons. The lowest BCUT2D eigenvalue weighted by atomic mass is 10.1. The third-order valence-electron chi connectivity index (χ3n) is 2.50. The molecule has 1 saturated carbocycles. The van der Waals surface area contributed by atoms with E-state index in [2.05, 4.69) is 18.8 Å². The van der Waals surface area contributed by atoms with Gasteiger partial charge in [0.05, 0.1) is 0 Å². The van der Waals surface area contributed by atoms with Gasteiger partial charge in [0.25, 0.3) is 0 Å². The Morgan fingerprint density at radius 2 is 2.18 bits per heavy atom. The largest absolute Gasteiger partial charge is 0.293 e. The van der Waals surface area contributed by atoms with Crippen LogP contribution in [-0.4, -0.2) is 12.8 Å². The zero-order valence-corrected chi connectivity index (χ0v) is 7.78. The molecule has 1 aliphatic carbocycles. The number of hydrogen-bond acceptors (Lipinski definition) is 1. The summed E-state index contributed by atoms with van der Waals surface area (Å²) in [5.74, 6) is 0. The van der Waals surface area contributed by atoms with E-state index in [1.54, 1.807) is 0 Å². The Hall–Kier alpha value is -0.590. The molecule has 0 aromatic carbocycles. The van der Waals surface area contributed by atoms with E-state index in [0.717, 1.165) is 0 Å². The van der Waals surface area contributed by atoms with E-state index in [0.29, 0.717) is 0 Å². The molecular formula is C10H17N. The summed E-state index contributed by atoms with van der Waals surface area (Å²) in [6, 6.07) is 0. The summed E-state index contributed by atoms with van der Waals surface area (Å²) in [6.45, 7) is 4.44. The minimum Gasteiger partial charge on any atom is -0.293 e. The predicted octanol–water partition coefficient (Wildman–Crippen LogP) is 2.97. The third-order valence-corrected chi connectivity index (χ3v) is 2.50. The van der Waals surface area contributed by atoms with Crippen molar-refractivity contribution in [3.05, 3.63) is 11.1 Å². The molecule has 0 aromatic heterocycles. The van der Waals surface area contributed by atoms with Crippen LogP contribution in [0.25, 0.3) is 0 Å². The lowest BCUT2D eigenvalue weighted by Gasteiger charge is -2.03. The molecule has 11 heavy (non-hydrogen) atoms. The van der Waals surface area contributed by atoms with Gasteiger partial charge in [0, 0.05) is 12.8 Å². The van der Waals surface area contributed by atoms with Gasteiger partial charge in [-0.05, 0) is 38.2 Å². The molecule has 0 aromatic rings. The van der Waals surface area contributed by atoms with Crippen LogP contribution in [0.2, 0.25) is 0 Å². The third kappa shape index (κ3) is 1.70. The SMILES string of the molecule is CC/C(C)=C1/CCC/C1=N/C. The molecular weight excluding hydrogens is 134 g/mol. The minimum absolute atomic E-state index is 1.17. The molecule has 0 bridgehead atoms. The molecule has 0 heterocycles. The van der Waals surface area contributed by atoms with Gasteiger partial charge >= 0.3 is 0 Å². The van der Waals surface area contributed by atoms with Gasteiger partial charge in [-0.2, -0.15) is 0 Å².